The van der Waals surface area contributed by atoms with Crippen molar-refractivity contribution in [2.45, 2.75) is 24.4 Å². The van der Waals surface area contributed by atoms with Crippen LogP contribution in [-0.4, -0.2) is 42.4 Å². The van der Waals surface area contributed by atoms with Gasteiger partial charge in [-0.1, -0.05) is 6.07 Å². The first kappa shape index (κ1) is 15.4. The first-order valence-electron chi connectivity index (χ1n) is 6.73. The highest BCUT2D eigenvalue weighted by Gasteiger charge is 2.53. The molecule has 1 spiro atoms. The van der Waals surface area contributed by atoms with Gasteiger partial charge in [-0.15, -0.1) is 13.2 Å². The molecule has 1 N–H and O–H groups in total. The number of ether oxygens (including phenoxy) is 2. The SMILES string of the molecule is CN1CC2(CC1C#N)Oc1c(cccc1OC(F)(F)F)NC2=O. The number of anilines is 1. The lowest BCUT2D eigenvalue weighted by atomic mass is 9.97. The van der Waals surface area contributed by atoms with Crippen LogP contribution in [0.4, 0.5) is 18.9 Å². The molecule has 2 unspecified atom stereocenters. The fraction of sp³-hybridized carbons (Fsp3) is 0.429. The number of hydrogen-bond donors (Lipinski definition) is 1. The zero-order valence-corrected chi connectivity index (χ0v) is 12.0. The van der Waals surface area contributed by atoms with E-state index in [0.29, 0.717) is 0 Å². The van der Waals surface area contributed by atoms with E-state index in [0.717, 1.165) is 6.07 Å². The lowest BCUT2D eigenvalue weighted by Gasteiger charge is -2.34. The fourth-order valence-electron chi connectivity index (χ4n) is 2.83. The highest BCUT2D eigenvalue weighted by molar-refractivity contribution is 6.01. The Kier molecular flexibility index (Phi) is 3.37. The summed E-state index contributed by atoms with van der Waals surface area (Å²) in [5.74, 6) is -1.20. The zero-order valence-electron chi connectivity index (χ0n) is 12.0. The number of halogens is 3. The maximum Gasteiger partial charge on any atom is 0.573 e. The van der Waals surface area contributed by atoms with Gasteiger partial charge in [-0.25, -0.2) is 0 Å². The number of hydrogen-bond acceptors (Lipinski definition) is 5. The van der Waals surface area contributed by atoms with E-state index in [2.05, 4.69) is 10.1 Å². The summed E-state index contributed by atoms with van der Waals surface area (Å²) in [6, 6.07) is 5.33. The first-order chi connectivity index (χ1) is 10.7. The van der Waals surface area contributed by atoms with Crippen molar-refractivity contribution in [2.75, 3.05) is 18.9 Å². The average molecular weight is 327 g/mol. The molecule has 0 bridgehead atoms. The van der Waals surface area contributed by atoms with Crippen molar-refractivity contribution >= 4 is 11.6 Å². The van der Waals surface area contributed by atoms with Gasteiger partial charge < -0.3 is 14.8 Å². The Morgan fingerprint density at radius 3 is 2.87 bits per heavy atom. The van der Waals surface area contributed by atoms with Crippen molar-refractivity contribution in [3.05, 3.63) is 18.2 Å². The van der Waals surface area contributed by atoms with Gasteiger partial charge in [0.1, 0.15) is 6.04 Å². The molecule has 0 saturated carbocycles. The van der Waals surface area contributed by atoms with E-state index in [1.54, 1.807) is 11.9 Å². The molecular formula is C14H12F3N3O3. The Bertz CT molecular complexity index is 701. The minimum atomic E-state index is -4.88. The number of nitrogens with one attached hydrogen (secondary N) is 1. The number of nitrogens with zero attached hydrogens (tertiary/aromatic N) is 2. The van der Waals surface area contributed by atoms with Crippen molar-refractivity contribution in [2.24, 2.45) is 0 Å². The third kappa shape index (κ3) is 2.66. The maximum absolute atomic E-state index is 12.5. The molecule has 9 heteroatoms. The Hall–Kier alpha value is -2.47. The summed E-state index contributed by atoms with van der Waals surface area (Å²) >= 11 is 0. The van der Waals surface area contributed by atoms with E-state index >= 15 is 0 Å². The molecule has 1 saturated heterocycles. The number of likely N-dealkylation sites (N-methyl/N-ethyl adjacent to an activating group) is 1. The highest BCUT2D eigenvalue weighted by Crippen LogP contribution is 2.45. The van der Waals surface area contributed by atoms with E-state index in [4.69, 9.17) is 10.00 Å². The number of carbonyl (C=O) groups excluding carboxylic acids is 1. The molecule has 122 valence electrons. The number of likely N-dealkylation sites (tertiary alicyclic amines) is 1. The summed E-state index contributed by atoms with van der Waals surface area (Å²) in [4.78, 5) is 14.0. The average Bonchev–Trinajstić information content (AvgIpc) is 2.77. The van der Waals surface area contributed by atoms with Crippen LogP contribution in [0.1, 0.15) is 6.42 Å². The van der Waals surface area contributed by atoms with Gasteiger partial charge in [0.05, 0.1) is 11.8 Å². The van der Waals surface area contributed by atoms with Crippen molar-refractivity contribution in [1.82, 2.24) is 4.90 Å². The second-order valence-corrected chi connectivity index (χ2v) is 5.50. The smallest absolute Gasteiger partial charge is 0.470 e. The number of carbonyl (C=O) groups is 1. The number of benzene rings is 1. The fourth-order valence-corrected chi connectivity index (χ4v) is 2.83. The minimum absolute atomic E-state index is 0.0611. The van der Waals surface area contributed by atoms with E-state index in [1.807, 2.05) is 6.07 Å². The van der Waals surface area contributed by atoms with Crippen LogP contribution < -0.4 is 14.8 Å². The maximum atomic E-state index is 12.5. The summed E-state index contributed by atoms with van der Waals surface area (Å²) in [6.45, 7) is 0.0941. The molecule has 0 aliphatic carbocycles. The summed E-state index contributed by atoms with van der Waals surface area (Å²) in [7, 11) is 1.65. The quantitative estimate of drug-likeness (QED) is 0.852. The van der Waals surface area contributed by atoms with Crippen molar-refractivity contribution in [3.8, 4) is 17.6 Å². The van der Waals surface area contributed by atoms with Gasteiger partial charge in [-0.05, 0) is 19.2 Å². The van der Waals surface area contributed by atoms with Gasteiger partial charge in [-0.2, -0.15) is 5.26 Å². The second kappa shape index (κ2) is 5.03. The first-order valence-corrected chi connectivity index (χ1v) is 6.73. The Morgan fingerprint density at radius 1 is 1.52 bits per heavy atom. The predicted octanol–water partition coefficient (Wildman–Crippen LogP) is 1.88. The minimum Gasteiger partial charge on any atom is -0.470 e. The molecule has 0 aromatic heterocycles. The molecule has 23 heavy (non-hydrogen) atoms. The van der Waals surface area contributed by atoms with Gasteiger partial charge in [-0.3, -0.25) is 9.69 Å². The van der Waals surface area contributed by atoms with Gasteiger partial charge in [0.25, 0.3) is 5.91 Å². The van der Waals surface area contributed by atoms with E-state index in [9.17, 15) is 18.0 Å². The van der Waals surface area contributed by atoms with Crippen LogP contribution in [0.25, 0.3) is 0 Å². The van der Waals surface area contributed by atoms with Crippen LogP contribution in [0, 0.1) is 11.3 Å². The lowest BCUT2D eigenvalue weighted by Crippen LogP contribution is -2.52. The Labute approximate surface area is 129 Å². The summed E-state index contributed by atoms with van der Waals surface area (Å²) in [5, 5.41) is 11.6. The molecule has 2 aliphatic rings. The number of alkyl halides is 3. The lowest BCUT2D eigenvalue weighted by molar-refractivity contribution is -0.275. The molecule has 3 rings (SSSR count). The molecule has 2 heterocycles. The molecule has 1 fully saturated rings. The standard InChI is InChI=1S/C14H12F3N3O3/c1-20-7-13(5-8(20)6-18)12(21)19-9-3-2-4-10(11(9)23-13)22-14(15,16)17/h2-4,8H,5,7H2,1H3,(H,19,21). The van der Waals surface area contributed by atoms with Crippen LogP contribution in [0.3, 0.4) is 0 Å². The summed E-state index contributed by atoms with van der Waals surface area (Å²) in [5.41, 5.74) is -1.31. The third-order valence-corrected chi connectivity index (χ3v) is 3.87. The predicted molar refractivity (Wildman–Crippen MR) is 71.8 cm³/mol. The van der Waals surface area contributed by atoms with Gasteiger partial charge in [0.2, 0.25) is 5.60 Å². The molecule has 0 radical (unpaired) electrons. The number of nitriles is 1. The van der Waals surface area contributed by atoms with Gasteiger partial charge in [0, 0.05) is 13.0 Å². The topological polar surface area (TPSA) is 74.6 Å². The van der Waals surface area contributed by atoms with Crippen molar-refractivity contribution in [1.29, 1.82) is 5.26 Å². The molecule has 2 aliphatic heterocycles. The van der Waals surface area contributed by atoms with Crippen LogP contribution in [-0.2, 0) is 4.79 Å². The number of fused-ring (bicyclic) bond motifs is 1. The van der Waals surface area contributed by atoms with Crippen molar-refractivity contribution < 1.29 is 27.4 Å². The Balaban J connectivity index is 1.98. The van der Waals surface area contributed by atoms with E-state index in [-0.39, 0.29) is 24.4 Å². The molecule has 2 atom stereocenters. The molecule has 1 aromatic carbocycles. The van der Waals surface area contributed by atoms with Gasteiger partial charge in [0.15, 0.2) is 11.5 Å². The van der Waals surface area contributed by atoms with E-state index < -0.39 is 29.7 Å². The number of para-hydroxylation sites is 1. The number of rotatable bonds is 1. The van der Waals surface area contributed by atoms with E-state index in [1.165, 1.54) is 12.1 Å². The molecule has 1 amide bonds. The highest BCUT2D eigenvalue weighted by atomic mass is 19.4. The number of amides is 1. The summed E-state index contributed by atoms with van der Waals surface area (Å²) in [6.07, 6.45) is -4.82. The normalized spacial score (nSPS) is 27.1. The largest absolute Gasteiger partial charge is 0.573 e. The van der Waals surface area contributed by atoms with Crippen molar-refractivity contribution in [3.63, 3.8) is 0 Å². The second-order valence-electron chi connectivity index (χ2n) is 5.50. The zero-order chi connectivity index (χ0) is 16.8. The van der Waals surface area contributed by atoms with Gasteiger partial charge >= 0.3 is 6.36 Å². The molecule has 1 aromatic rings. The Morgan fingerprint density at radius 2 is 2.26 bits per heavy atom. The molecule has 6 nitrogen and oxygen atoms in total. The molecular weight excluding hydrogens is 315 g/mol. The summed E-state index contributed by atoms with van der Waals surface area (Å²) < 4.78 is 47.2. The van der Waals surface area contributed by atoms with Crippen LogP contribution >= 0.6 is 0 Å². The van der Waals surface area contributed by atoms with Crippen LogP contribution in [0.15, 0.2) is 18.2 Å². The monoisotopic (exact) mass is 327 g/mol. The van der Waals surface area contributed by atoms with Crippen LogP contribution in [0.2, 0.25) is 0 Å². The van der Waals surface area contributed by atoms with Crippen LogP contribution in [0.5, 0.6) is 11.5 Å². The third-order valence-electron chi connectivity index (χ3n) is 3.87.